The molecule has 0 radical (unpaired) electrons. The van der Waals surface area contributed by atoms with Crippen molar-refractivity contribution in [3.8, 4) is 35.1 Å². The summed E-state index contributed by atoms with van der Waals surface area (Å²) >= 11 is 0. The number of anilines is 1. The van der Waals surface area contributed by atoms with Crippen molar-refractivity contribution in [3.63, 3.8) is 0 Å². The van der Waals surface area contributed by atoms with E-state index in [2.05, 4.69) is 10.9 Å². The molecule has 0 saturated carbocycles. The van der Waals surface area contributed by atoms with Gasteiger partial charge in [-0.1, -0.05) is 24.1 Å². The van der Waals surface area contributed by atoms with E-state index in [9.17, 15) is 4.79 Å². The molecule has 0 fully saturated rings. The molecule has 4 rings (SSSR count). The normalized spacial score (nSPS) is 13.5. The molecular formula is C25H22N2O3. The molecule has 2 heterocycles. The summed E-state index contributed by atoms with van der Waals surface area (Å²) < 4.78 is 10.6. The van der Waals surface area contributed by atoms with Gasteiger partial charge in [-0.05, 0) is 53.9 Å². The third-order valence-corrected chi connectivity index (χ3v) is 5.41. The fraction of sp³-hybridized carbons (Fsp3) is 0.200. The quantitative estimate of drug-likeness (QED) is 0.587. The van der Waals surface area contributed by atoms with Gasteiger partial charge in [0.15, 0.2) is 5.75 Å². The van der Waals surface area contributed by atoms with Gasteiger partial charge >= 0.3 is 0 Å². The predicted molar refractivity (Wildman–Crippen MR) is 117 cm³/mol. The summed E-state index contributed by atoms with van der Waals surface area (Å²) in [5.41, 5.74) is 5.42. The lowest BCUT2D eigenvalue weighted by molar-refractivity contribution is 0.0996. The van der Waals surface area contributed by atoms with Crippen LogP contribution in [0.4, 0.5) is 5.69 Å². The number of methoxy groups -OCH3 is 2. The van der Waals surface area contributed by atoms with Gasteiger partial charge in [-0.2, -0.15) is 0 Å². The van der Waals surface area contributed by atoms with Gasteiger partial charge in [0.05, 0.1) is 20.8 Å². The first-order valence-electron chi connectivity index (χ1n) is 9.65. The number of ether oxygens (including phenoxy) is 2. The molecule has 1 unspecified atom stereocenters. The van der Waals surface area contributed by atoms with Crippen LogP contribution in [0.3, 0.4) is 0 Å². The smallest absolute Gasteiger partial charge is 0.258 e. The maximum atomic E-state index is 13.0. The Kier molecular flexibility index (Phi) is 5.16. The van der Waals surface area contributed by atoms with Crippen LogP contribution in [0, 0.1) is 12.3 Å². The van der Waals surface area contributed by atoms with E-state index in [0.717, 1.165) is 27.9 Å². The average Bonchev–Trinajstić information content (AvgIpc) is 3.13. The molecule has 0 spiro atoms. The number of nitrogens with zero attached hydrogens (tertiary/aromatic N) is 2. The third kappa shape index (κ3) is 3.37. The molecule has 0 N–H and O–H groups in total. The minimum Gasteiger partial charge on any atom is -0.491 e. The van der Waals surface area contributed by atoms with Crippen molar-refractivity contribution in [2.75, 3.05) is 19.1 Å². The molecule has 150 valence electrons. The molecule has 30 heavy (non-hydrogen) atoms. The summed E-state index contributed by atoms with van der Waals surface area (Å²) in [7, 11) is 3.14. The van der Waals surface area contributed by atoms with E-state index in [1.165, 1.54) is 0 Å². The first-order valence-corrected chi connectivity index (χ1v) is 9.65. The highest BCUT2D eigenvalue weighted by atomic mass is 16.5. The molecule has 0 aliphatic carbocycles. The van der Waals surface area contributed by atoms with Gasteiger partial charge in [-0.25, -0.2) is 4.98 Å². The molecule has 0 bridgehead atoms. The van der Waals surface area contributed by atoms with Crippen LogP contribution in [0.25, 0.3) is 11.1 Å². The molecular weight excluding hydrogens is 376 g/mol. The minimum absolute atomic E-state index is 0.00538. The first-order chi connectivity index (χ1) is 14.5. The van der Waals surface area contributed by atoms with E-state index in [1.54, 1.807) is 25.3 Å². The Morgan fingerprint density at radius 1 is 1.10 bits per heavy atom. The number of fused-ring (bicyclic) bond motifs is 1. The Labute approximate surface area is 176 Å². The van der Waals surface area contributed by atoms with Crippen LogP contribution in [0.2, 0.25) is 0 Å². The molecule has 1 aromatic heterocycles. The summed E-state index contributed by atoms with van der Waals surface area (Å²) in [5.74, 6) is 3.73. The molecule has 0 saturated heterocycles. The number of aromatic nitrogens is 1. The molecule has 1 aliphatic heterocycles. The number of pyridine rings is 1. The van der Waals surface area contributed by atoms with E-state index in [1.807, 2.05) is 55.5 Å². The van der Waals surface area contributed by atoms with Crippen molar-refractivity contribution >= 4 is 11.6 Å². The van der Waals surface area contributed by atoms with Gasteiger partial charge in [0, 0.05) is 28.9 Å². The predicted octanol–water partition coefficient (Wildman–Crippen LogP) is 4.66. The van der Waals surface area contributed by atoms with Crippen LogP contribution >= 0.6 is 0 Å². The second-order valence-corrected chi connectivity index (χ2v) is 7.18. The van der Waals surface area contributed by atoms with Crippen molar-refractivity contribution in [1.82, 2.24) is 4.98 Å². The Morgan fingerprint density at radius 3 is 2.67 bits per heavy atom. The summed E-state index contributed by atoms with van der Waals surface area (Å²) in [6.45, 7) is 2.49. The summed E-state index contributed by atoms with van der Waals surface area (Å²) in [6, 6.07) is 15.6. The molecule has 3 aromatic rings. The van der Waals surface area contributed by atoms with Crippen LogP contribution < -0.4 is 14.4 Å². The summed E-state index contributed by atoms with van der Waals surface area (Å²) in [5, 5.41) is 0. The van der Waals surface area contributed by atoms with Crippen molar-refractivity contribution in [2.45, 2.75) is 19.4 Å². The second kappa shape index (κ2) is 7.92. The van der Waals surface area contributed by atoms with Crippen LogP contribution in [-0.2, 0) is 6.54 Å². The van der Waals surface area contributed by atoms with Gasteiger partial charge in [-0.15, -0.1) is 6.42 Å². The van der Waals surface area contributed by atoms with Gasteiger partial charge in [-0.3, -0.25) is 4.79 Å². The maximum absolute atomic E-state index is 13.0. The van der Waals surface area contributed by atoms with E-state index in [0.29, 0.717) is 23.7 Å². The monoisotopic (exact) mass is 398 g/mol. The van der Waals surface area contributed by atoms with E-state index in [-0.39, 0.29) is 11.8 Å². The Morgan fingerprint density at radius 2 is 1.93 bits per heavy atom. The van der Waals surface area contributed by atoms with Crippen molar-refractivity contribution in [1.29, 1.82) is 0 Å². The molecule has 1 amide bonds. The fourth-order valence-corrected chi connectivity index (χ4v) is 3.66. The van der Waals surface area contributed by atoms with Crippen LogP contribution in [0.1, 0.15) is 34.3 Å². The van der Waals surface area contributed by atoms with Crippen LogP contribution in [0.15, 0.2) is 54.7 Å². The highest BCUT2D eigenvalue weighted by molar-refractivity contribution is 6.10. The number of rotatable bonds is 5. The highest BCUT2D eigenvalue weighted by Gasteiger charge is 2.29. The molecule has 5 heteroatoms. The van der Waals surface area contributed by atoms with E-state index >= 15 is 0 Å². The number of hydrogen-bond acceptors (Lipinski definition) is 4. The van der Waals surface area contributed by atoms with Crippen molar-refractivity contribution in [3.05, 3.63) is 71.4 Å². The molecule has 2 aromatic carbocycles. The number of carbonyl (C=O) groups is 1. The maximum Gasteiger partial charge on any atom is 0.258 e. The van der Waals surface area contributed by atoms with E-state index in [4.69, 9.17) is 15.9 Å². The lowest BCUT2D eigenvalue weighted by Crippen LogP contribution is -2.23. The van der Waals surface area contributed by atoms with Gasteiger partial charge in [0.25, 0.3) is 11.8 Å². The first kappa shape index (κ1) is 19.5. The van der Waals surface area contributed by atoms with Crippen molar-refractivity contribution < 1.29 is 14.3 Å². The zero-order valence-corrected chi connectivity index (χ0v) is 17.2. The third-order valence-electron chi connectivity index (χ3n) is 5.41. The Balaban J connectivity index is 1.66. The second-order valence-electron chi connectivity index (χ2n) is 7.18. The number of hydrogen-bond donors (Lipinski definition) is 0. The highest BCUT2D eigenvalue weighted by Crippen LogP contribution is 2.34. The summed E-state index contributed by atoms with van der Waals surface area (Å²) in [4.78, 5) is 19.1. The fourth-order valence-electron chi connectivity index (χ4n) is 3.66. The summed E-state index contributed by atoms with van der Waals surface area (Å²) in [6.07, 6.45) is 7.30. The Bertz CT molecular complexity index is 1160. The molecule has 1 aliphatic rings. The number of amides is 1. The zero-order valence-electron chi connectivity index (χ0n) is 17.2. The minimum atomic E-state index is -0.00695. The zero-order chi connectivity index (χ0) is 21.3. The van der Waals surface area contributed by atoms with Crippen LogP contribution in [-0.4, -0.2) is 25.1 Å². The lowest BCUT2D eigenvalue weighted by atomic mass is 10.0. The lowest BCUT2D eigenvalue weighted by Gasteiger charge is -2.17. The van der Waals surface area contributed by atoms with Crippen molar-refractivity contribution in [2.24, 2.45) is 0 Å². The molecule has 1 atom stereocenters. The average molecular weight is 398 g/mol. The molecule has 5 nitrogen and oxygen atoms in total. The van der Waals surface area contributed by atoms with E-state index < -0.39 is 0 Å². The largest absolute Gasteiger partial charge is 0.491 e. The number of terminal acetylenes is 1. The topological polar surface area (TPSA) is 51.7 Å². The van der Waals surface area contributed by atoms with Gasteiger partial charge < -0.3 is 14.4 Å². The number of carbonyl (C=O) groups excluding carboxylic acids is 1. The SMILES string of the molecule is C#CC(C)c1cccc(N2Cc3cc(-c4cnc(OC)c(OC)c4)ccc3C2=O)c1. The van der Waals surface area contributed by atoms with Gasteiger partial charge in [0.1, 0.15) is 0 Å². The standard InChI is InChI=1S/C25H22N2O3/c1-5-16(2)17-7-6-8-21(12-17)27-15-20-11-18(9-10-22(20)25(27)28)19-13-23(29-3)24(30-4)26-14-19/h1,6-14,16H,15H2,2-4H3. The number of benzene rings is 2. The van der Waals surface area contributed by atoms with Gasteiger partial charge in [0.2, 0.25) is 0 Å². The Hall–Kier alpha value is -3.78. The van der Waals surface area contributed by atoms with Crippen LogP contribution in [0.5, 0.6) is 11.6 Å².